The summed E-state index contributed by atoms with van der Waals surface area (Å²) in [5.41, 5.74) is 5.48. The molecule has 0 N–H and O–H groups in total. The Morgan fingerprint density at radius 2 is 1.96 bits per heavy atom. The van der Waals surface area contributed by atoms with Gasteiger partial charge in [-0.2, -0.15) is 5.26 Å². The predicted molar refractivity (Wildman–Crippen MR) is 91.4 cm³/mol. The Balaban J connectivity index is 2.23. The topological polar surface area (TPSA) is 50.8 Å². The van der Waals surface area contributed by atoms with Gasteiger partial charge >= 0.3 is 0 Å². The molecule has 0 saturated heterocycles. The number of methoxy groups -OCH3 is 1. The SMILES string of the molecule is COc1cccc(-c2nc3cc(C)c(C)cc3n2CCC#N)c1. The molecule has 0 aliphatic rings. The Morgan fingerprint density at radius 3 is 2.70 bits per heavy atom. The van der Waals surface area contributed by atoms with Gasteiger partial charge in [0.1, 0.15) is 11.6 Å². The quantitative estimate of drug-likeness (QED) is 0.724. The van der Waals surface area contributed by atoms with Crippen LogP contribution in [0.5, 0.6) is 5.75 Å². The van der Waals surface area contributed by atoms with Crippen LogP contribution in [-0.4, -0.2) is 16.7 Å². The van der Waals surface area contributed by atoms with Crippen LogP contribution >= 0.6 is 0 Å². The van der Waals surface area contributed by atoms with E-state index in [2.05, 4.69) is 36.6 Å². The summed E-state index contributed by atoms with van der Waals surface area (Å²) in [4.78, 5) is 4.81. The summed E-state index contributed by atoms with van der Waals surface area (Å²) in [7, 11) is 1.66. The molecule has 1 aromatic heterocycles. The van der Waals surface area contributed by atoms with E-state index in [1.54, 1.807) is 7.11 Å². The summed E-state index contributed by atoms with van der Waals surface area (Å²) in [6.07, 6.45) is 0.454. The lowest BCUT2D eigenvalue weighted by molar-refractivity contribution is 0.415. The molecule has 116 valence electrons. The van der Waals surface area contributed by atoms with Crippen LogP contribution in [0.1, 0.15) is 17.5 Å². The third-order valence-corrected chi connectivity index (χ3v) is 4.14. The monoisotopic (exact) mass is 305 g/mol. The second-order valence-corrected chi connectivity index (χ2v) is 5.65. The van der Waals surface area contributed by atoms with Crippen molar-refractivity contribution in [3.8, 4) is 23.2 Å². The van der Waals surface area contributed by atoms with Gasteiger partial charge in [-0.05, 0) is 49.2 Å². The number of benzene rings is 2. The maximum Gasteiger partial charge on any atom is 0.141 e. The van der Waals surface area contributed by atoms with Crippen molar-refractivity contribution in [2.45, 2.75) is 26.8 Å². The first-order chi connectivity index (χ1) is 11.1. The molecule has 2 aromatic carbocycles. The summed E-state index contributed by atoms with van der Waals surface area (Å²) in [6, 6.07) is 14.4. The molecule has 0 amide bonds. The number of imidazole rings is 1. The van der Waals surface area contributed by atoms with Crippen molar-refractivity contribution >= 4 is 11.0 Å². The van der Waals surface area contributed by atoms with Gasteiger partial charge in [0.05, 0.1) is 30.6 Å². The van der Waals surface area contributed by atoms with E-state index in [4.69, 9.17) is 15.0 Å². The Morgan fingerprint density at radius 1 is 1.17 bits per heavy atom. The molecule has 0 spiro atoms. The number of nitriles is 1. The van der Waals surface area contributed by atoms with Crippen molar-refractivity contribution in [1.82, 2.24) is 9.55 Å². The lowest BCUT2D eigenvalue weighted by Gasteiger charge is -2.09. The van der Waals surface area contributed by atoms with Gasteiger partial charge in [-0.3, -0.25) is 0 Å². The second kappa shape index (κ2) is 6.13. The zero-order valence-corrected chi connectivity index (χ0v) is 13.6. The highest BCUT2D eigenvalue weighted by Gasteiger charge is 2.14. The lowest BCUT2D eigenvalue weighted by Crippen LogP contribution is -2.00. The fourth-order valence-electron chi connectivity index (χ4n) is 2.75. The molecule has 4 heteroatoms. The molecule has 23 heavy (non-hydrogen) atoms. The molecule has 0 atom stereocenters. The molecule has 1 heterocycles. The average Bonchev–Trinajstić information content (AvgIpc) is 2.91. The van der Waals surface area contributed by atoms with E-state index in [-0.39, 0.29) is 0 Å². The number of aryl methyl sites for hydroxylation is 3. The third-order valence-electron chi connectivity index (χ3n) is 4.14. The van der Waals surface area contributed by atoms with E-state index in [0.717, 1.165) is 28.2 Å². The van der Waals surface area contributed by atoms with E-state index in [0.29, 0.717) is 13.0 Å². The van der Waals surface area contributed by atoms with Crippen LogP contribution in [0.15, 0.2) is 36.4 Å². The maximum absolute atomic E-state index is 8.98. The normalized spacial score (nSPS) is 10.7. The number of fused-ring (bicyclic) bond motifs is 1. The first-order valence-electron chi connectivity index (χ1n) is 7.63. The fourth-order valence-corrected chi connectivity index (χ4v) is 2.75. The number of aromatic nitrogens is 2. The van der Waals surface area contributed by atoms with Crippen molar-refractivity contribution in [3.63, 3.8) is 0 Å². The minimum atomic E-state index is 0.454. The molecular weight excluding hydrogens is 286 g/mol. The average molecular weight is 305 g/mol. The molecular formula is C19H19N3O. The van der Waals surface area contributed by atoms with Crippen LogP contribution in [0.3, 0.4) is 0 Å². The minimum Gasteiger partial charge on any atom is -0.497 e. The summed E-state index contributed by atoms with van der Waals surface area (Å²) >= 11 is 0. The van der Waals surface area contributed by atoms with Crippen LogP contribution in [0.2, 0.25) is 0 Å². The molecule has 3 aromatic rings. The van der Waals surface area contributed by atoms with Gasteiger partial charge in [0.25, 0.3) is 0 Å². The van der Waals surface area contributed by atoms with Crippen molar-refractivity contribution in [1.29, 1.82) is 5.26 Å². The van der Waals surface area contributed by atoms with Crippen LogP contribution in [0, 0.1) is 25.2 Å². The third kappa shape index (κ3) is 2.78. The summed E-state index contributed by atoms with van der Waals surface area (Å²) < 4.78 is 7.45. The van der Waals surface area contributed by atoms with Gasteiger partial charge in [0.15, 0.2) is 0 Å². The van der Waals surface area contributed by atoms with Crippen molar-refractivity contribution in [3.05, 3.63) is 47.5 Å². The van der Waals surface area contributed by atoms with E-state index in [1.807, 2.05) is 24.3 Å². The zero-order valence-electron chi connectivity index (χ0n) is 13.6. The smallest absolute Gasteiger partial charge is 0.141 e. The first kappa shape index (κ1) is 15.1. The molecule has 0 aliphatic carbocycles. The maximum atomic E-state index is 8.98. The van der Waals surface area contributed by atoms with E-state index >= 15 is 0 Å². The minimum absolute atomic E-state index is 0.454. The van der Waals surface area contributed by atoms with Crippen LogP contribution in [0.4, 0.5) is 0 Å². The van der Waals surface area contributed by atoms with E-state index in [1.165, 1.54) is 11.1 Å². The number of nitrogens with zero attached hydrogens (tertiary/aromatic N) is 3. The van der Waals surface area contributed by atoms with Gasteiger partial charge in [-0.15, -0.1) is 0 Å². The summed E-state index contributed by atoms with van der Waals surface area (Å²) in [5, 5.41) is 8.98. The second-order valence-electron chi connectivity index (χ2n) is 5.65. The largest absolute Gasteiger partial charge is 0.497 e. The lowest BCUT2D eigenvalue weighted by atomic mass is 10.1. The van der Waals surface area contributed by atoms with Gasteiger partial charge in [-0.1, -0.05) is 12.1 Å². The highest BCUT2D eigenvalue weighted by atomic mass is 16.5. The first-order valence-corrected chi connectivity index (χ1v) is 7.63. The van der Waals surface area contributed by atoms with Crippen molar-refractivity contribution in [2.75, 3.05) is 7.11 Å². The standard InChI is InChI=1S/C19H19N3O/c1-13-10-17-18(11-14(13)2)22(9-5-8-20)19(21-17)15-6-4-7-16(12-15)23-3/h4,6-7,10-12H,5,9H2,1-3H3. The van der Waals surface area contributed by atoms with Gasteiger partial charge < -0.3 is 9.30 Å². The number of hydrogen-bond donors (Lipinski definition) is 0. The summed E-state index contributed by atoms with van der Waals surface area (Å²) in [5.74, 6) is 1.67. The summed E-state index contributed by atoms with van der Waals surface area (Å²) in [6.45, 7) is 4.82. The predicted octanol–water partition coefficient (Wildman–Crippen LogP) is 4.24. The molecule has 0 saturated carbocycles. The fraction of sp³-hybridized carbons (Fsp3) is 0.263. The number of rotatable bonds is 4. The van der Waals surface area contributed by atoms with E-state index in [9.17, 15) is 0 Å². The Kier molecular flexibility index (Phi) is 4.03. The van der Waals surface area contributed by atoms with Crippen molar-refractivity contribution < 1.29 is 4.74 Å². The van der Waals surface area contributed by atoms with Gasteiger partial charge in [0.2, 0.25) is 0 Å². The highest BCUT2D eigenvalue weighted by Crippen LogP contribution is 2.29. The Hall–Kier alpha value is -2.80. The van der Waals surface area contributed by atoms with Gasteiger partial charge in [0, 0.05) is 12.1 Å². The zero-order chi connectivity index (χ0) is 16.4. The highest BCUT2D eigenvalue weighted by molar-refractivity contribution is 5.82. The molecule has 0 aliphatic heterocycles. The Labute approximate surface area is 136 Å². The molecule has 4 nitrogen and oxygen atoms in total. The van der Waals surface area contributed by atoms with Crippen LogP contribution in [0.25, 0.3) is 22.4 Å². The Bertz CT molecular complexity index is 903. The van der Waals surface area contributed by atoms with E-state index < -0.39 is 0 Å². The molecule has 0 unspecified atom stereocenters. The molecule has 3 rings (SSSR count). The number of hydrogen-bond acceptors (Lipinski definition) is 3. The van der Waals surface area contributed by atoms with Gasteiger partial charge in [-0.25, -0.2) is 4.98 Å². The molecule has 0 fully saturated rings. The molecule has 0 bridgehead atoms. The van der Waals surface area contributed by atoms with Crippen molar-refractivity contribution in [2.24, 2.45) is 0 Å². The van der Waals surface area contributed by atoms with Crippen LogP contribution in [-0.2, 0) is 6.54 Å². The number of ether oxygens (including phenoxy) is 1. The molecule has 0 radical (unpaired) electrons. The van der Waals surface area contributed by atoms with Crippen LogP contribution < -0.4 is 4.74 Å².